The van der Waals surface area contributed by atoms with Crippen molar-refractivity contribution in [3.05, 3.63) is 16.1 Å². The maximum atomic E-state index is 11.9. The second kappa shape index (κ2) is 5.57. The molecule has 2 heterocycles. The number of rotatable bonds is 4. The first kappa shape index (κ1) is 12.5. The zero-order chi connectivity index (χ0) is 12.3. The molecular weight excluding hydrogens is 238 g/mol. The van der Waals surface area contributed by atoms with Gasteiger partial charge in [-0.3, -0.25) is 4.79 Å². The highest BCUT2D eigenvalue weighted by atomic mass is 32.1. The van der Waals surface area contributed by atoms with E-state index in [1.54, 1.807) is 17.5 Å². The molecule has 17 heavy (non-hydrogen) atoms. The van der Waals surface area contributed by atoms with Crippen LogP contribution in [-0.2, 0) is 16.1 Å². The number of ether oxygens (including phenoxy) is 1. The number of carbonyl (C=O) groups excluding carboxylic acids is 1. The second-order valence-corrected chi connectivity index (χ2v) is 5.42. The van der Waals surface area contributed by atoms with Crippen LogP contribution >= 0.6 is 11.3 Å². The van der Waals surface area contributed by atoms with Crippen LogP contribution in [0, 0.1) is 12.8 Å². The van der Waals surface area contributed by atoms with Crippen LogP contribution in [0.2, 0.25) is 0 Å². The lowest BCUT2D eigenvalue weighted by molar-refractivity contribution is -0.125. The van der Waals surface area contributed by atoms with Crippen LogP contribution in [0.5, 0.6) is 0 Å². The van der Waals surface area contributed by atoms with Gasteiger partial charge in [0.2, 0.25) is 5.91 Å². The molecule has 0 spiro atoms. The van der Waals surface area contributed by atoms with E-state index < -0.39 is 0 Å². The van der Waals surface area contributed by atoms with Crippen molar-refractivity contribution in [2.45, 2.75) is 19.5 Å². The SMILES string of the molecule is CNC1COCC1C(=O)NCc1cnc(C)s1. The zero-order valence-corrected chi connectivity index (χ0v) is 10.8. The molecular formula is C11H17N3O2S. The predicted molar refractivity (Wildman–Crippen MR) is 65.9 cm³/mol. The summed E-state index contributed by atoms with van der Waals surface area (Å²) in [6, 6.07) is 0.123. The fourth-order valence-electron chi connectivity index (χ4n) is 1.89. The number of nitrogens with zero attached hydrogens (tertiary/aromatic N) is 1. The third-order valence-corrected chi connectivity index (χ3v) is 3.81. The van der Waals surface area contributed by atoms with Crippen molar-refractivity contribution >= 4 is 17.2 Å². The number of aryl methyl sites for hydroxylation is 1. The largest absolute Gasteiger partial charge is 0.379 e. The molecule has 0 bridgehead atoms. The average molecular weight is 255 g/mol. The minimum Gasteiger partial charge on any atom is -0.379 e. The molecule has 1 fully saturated rings. The Hall–Kier alpha value is -0.980. The van der Waals surface area contributed by atoms with Gasteiger partial charge < -0.3 is 15.4 Å². The number of thiazole rings is 1. The van der Waals surface area contributed by atoms with Gasteiger partial charge in [-0.2, -0.15) is 0 Å². The highest BCUT2D eigenvalue weighted by Crippen LogP contribution is 2.15. The molecule has 0 radical (unpaired) electrons. The summed E-state index contributed by atoms with van der Waals surface area (Å²) in [6.07, 6.45) is 1.81. The van der Waals surface area contributed by atoms with E-state index in [-0.39, 0.29) is 17.9 Å². The van der Waals surface area contributed by atoms with Gasteiger partial charge in [0.25, 0.3) is 0 Å². The summed E-state index contributed by atoms with van der Waals surface area (Å²) in [5.41, 5.74) is 0. The third kappa shape index (κ3) is 3.02. The van der Waals surface area contributed by atoms with Crippen molar-refractivity contribution in [2.24, 2.45) is 5.92 Å². The quantitative estimate of drug-likeness (QED) is 0.812. The summed E-state index contributed by atoms with van der Waals surface area (Å²) in [7, 11) is 1.85. The maximum Gasteiger partial charge on any atom is 0.227 e. The summed E-state index contributed by atoms with van der Waals surface area (Å²) in [6.45, 7) is 3.61. The maximum absolute atomic E-state index is 11.9. The first-order chi connectivity index (χ1) is 8.20. The molecule has 2 unspecified atom stereocenters. The Morgan fingerprint density at radius 3 is 3.12 bits per heavy atom. The first-order valence-corrected chi connectivity index (χ1v) is 6.46. The van der Waals surface area contributed by atoms with E-state index in [0.717, 1.165) is 9.88 Å². The van der Waals surface area contributed by atoms with E-state index in [2.05, 4.69) is 15.6 Å². The lowest BCUT2D eigenvalue weighted by Crippen LogP contribution is -2.42. The molecule has 5 nitrogen and oxygen atoms in total. The smallest absolute Gasteiger partial charge is 0.227 e. The minimum atomic E-state index is -0.0889. The molecule has 94 valence electrons. The summed E-state index contributed by atoms with van der Waals surface area (Å²) < 4.78 is 5.30. The van der Waals surface area contributed by atoms with Gasteiger partial charge in [0, 0.05) is 17.1 Å². The summed E-state index contributed by atoms with van der Waals surface area (Å²) in [4.78, 5) is 17.2. The van der Waals surface area contributed by atoms with E-state index in [1.807, 2.05) is 14.0 Å². The van der Waals surface area contributed by atoms with E-state index in [9.17, 15) is 4.79 Å². The minimum absolute atomic E-state index is 0.0490. The van der Waals surface area contributed by atoms with E-state index >= 15 is 0 Å². The Morgan fingerprint density at radius 1 is 1.65 bits per heavy atom. The second-order valence-electron chi connectivity index (χ2n) is 4.10. The number of carbonyl (C=O) groups is 1. The number of nitrogens with one attached hydrogen (secondary N) is 2. The standard InChI is InChI=1S/C11H17N3O2S/c1-7-13-3-8(17-7)4-14-11(15)9-5-16-6-10(9)12-2/h3,9-10,12H,4-6H2,1-2H3,(H,14,15). The van der Waals surface area contributed by atoms with Crippen molar-refractivity contribution in [1.29, 1.82) is 0 Å². The van der Waals surface area contributed by atoms with Crippen LogP contribution in [0.1, 0.15) is 9.88 Å². The summed E-state index contributed by atoms with van der Waals surface area (Å²) in [5.74, 6) is -0.0399. The lowest BCUT2D eigenvalue weighted by Gasteiger charge is -2.15. The number of hydrogen-bond donors (Lipinski definition) is 2. The van der Waals surface area contributed by atoms with Gasteiger partial charge in [-0.15, -0.1) is 11.3 Å². The van der Waals surface area contributed by atoms with Gasteiger partial charge in [-0.1, -0.05) is 0 Å². The molecule has 1 saturated heterocycles. The summed E-state index contributed by atoms with van der Waals surface area (Å²) in [5, 5.41) is 7.05. The first-order valence-electron chi connectivity index (χ1n) is 5.64. The van der Waals surface area contributed by atoms with Crippen LogP contribution in [0.15, 0.2) is 6.20 Å². The van der Waals surface area contributed by atoms with Gasteiger partial charge in [0.15, 0.2) is 0 Å². The van der Waals surface area contributed by atoms with Crippen LogP contribution in [0.3, 0.4) is 0 Å². The average Bonchev–Trinajstić information content (AvgIpc) is 2.94. The molecule has 1 aromatic heterocycles. The molecule has 6 heteroatoms. The fourth-order valence-corrected chi connectivity index (χ4v) is 2.62. The molecule has 1 aliphatic heterocycles. The number of hydrogen-bond acceptors (Lipinski definition) is 5. The Balaban J connectivity index is 1.84. The van der Waals surface area contributed by atoms with Crippen LogP contribution < -0.4 is 10.6 Å². The molecule has 1 aromatic rings. The van der Waals surface area contributed by atoms with E-state index in [0.29, 0.717) is 19.8 Å². The van der Waals surface area contributed by atoms with Crippen molar-refractivity contribution in [2.75, 3.05) is 20.3 Å². The highest BCUT2D eigenvalue weighted by Gasteiger charge is 2.32. The highest BCUT2D eigenvalue weighted by molar-refractivity contribution is 7.11. The topological polar surface area (TPSA) is 63.2 Å². The molecule has 0 saturated carbocycles. The van der Waals surface area contributed by atoms with Crippen molar-refractivity contribution in [3.8, 4) is 0 Å². The molecule has 0 aliphatic carbocycles. The molecule has 1 aliphatic rings. The van der Waals surface area contributed by atoms with E-state index in [1.165, 1.54) is 0 Å². The van der Waals surface area contributed by atoms with Gasteiger partial charge in [0.05, 0.1) is 30.7 Å². The molecule has 2 N–H and O–H groups in total. The van der Waals surface area contributed by atoms with Crippen LogP contribution in [0.25, 0.3) is 0 Å². The van der Waals surface area contributed by atoms with Gasteiger partial charge in [0.1, 0.15) is 0 Å². The van der Waals surface area contributed by atoms with Crippen LogP contribution in [-0.4, -0.2) is 37.2 Å². The molecule has 2 atom stereocenters. The summed E-state index contributed by atoms with van der Waals surface area (Å²) >= 11 is 1.61. The Bertz CT molecular complexity index is 394. The number of likely N-dealkylation sites (N-methyl/N-ethyl adjacent to an activating group) is 1. The lowest BCUT2D eigenvalue weighted by atomic mass is 10.0. The number of aromatic nitrogens is 1. The number of amides is 1. The molecule has 0 aromatic carbocycles. The third-order valence-electron chi connectivity index (χ3n) is 2.89. The molecule has 1 amide bonds. The Kier molecular flexibility index (Phi) is 4.09. The monoisotopic (exact) mass is 255 g/mol. The van der Waals surface area contributed by atoms with Gasteiger partial charge >= 0.3 is 0 Å². The van der Waals surface area contributed by atoms with Crippen molar-refractivity contribution in [1.82, 2.24) is 15.6 Å². The van der Waals surface area contributed by atoms with E-state index in [4.69, 9.17) is 4.74 Å². The van der Waals surface area contributed by atoms with Crippen molar-refractivity contribution in [3.63, 3.8) is 0 Å². The predicted octanol–water partition coefficient (Wildman–Crippen LogP) is 0.302. The van der Waals surface area contributed by atoms with Gasteiger partial charge in [-0.25, -0.2) is 4.98 Å². The fraction of sp³-hybridized carbons (Fsp3) is 0.636. The molecule has 2 rings (SSSR count). The Morgan fingerprint density at radius 2 is 2.47 bits per heavy atom. The normalized spacial score (nSPS) is 23.9. The van der Waals surface area contributed by atoms with Crippen molar-refractivity contribution < 1.29 is 9.53 Å². The van der Waals surface area contributed by atoms with Gasteiger partial charge in [-0.05, 0) is 14.0 Å². The Labute approximate surface area is 105 Å². The zero-order valence-electron chi connectivity index (χ0n) is 10.0. The van der Waals surface area contributed by atoms with Crippen LogP contribution in [0.4, 0.5) is 0 Å².